The first-order valence-corrected chi connectivity index (χ1v) is 6.61. The van der Waals surface area contributed by atoms with Gasteiger partial charge in [0.25, 0.3) is 0 Å². The molecule has 0 aliphatic heterocycles. The second-order valence-corrected chi connectivity index (χ2v) is 5.20. The van der Waals surface area contributed by atoms with Gasteiger partial charge >= 0.3 is 6.18 Å². The summed E-state index contributed by atoms with van der Waals surface area (Å²) in [6, 6.07) is 3.52. The Balaban J connectivity index is 1.92. The smallest absolute Gasteiger partial charge is 0.310 e. The molecule has 2 rings (SSSR count). The van der Waals surface area contributed by atoms with Crippen LogP contribution in [-0.2, 0) is 6.54 Å². The molecular weight excluding hydrogens is 277 g/mol. The molecule has 0 spiro atoms. The summed E-state index contributed by atoms with van der Waals surface area (Å²) < 4.78 is 64.4. The van der Waals surface area contributed by atoms with Crippen LogP contribution in [0, 0.1) is 17.6 Å². The number of hydrogen-bond acceptors (Lipinski definition) is 1. The highest BCUT2D eigenvalue weighted by Gasteiger charge is 2.41. The van der Waals surface area contributed by atoms with Crippen LogP contribution < -0.4 is 5.32 Å². The first-order valence-electron chi connectivity index (χ1n) is 6.61. The molecule has 0 radical (unpaired) electrons. The predicted molar refractivity (Wildman–Crippen MR) is 65.0 cm³/mol. The molecular formula is C14H16F5N. The zero-order valence-electron chi connectivity index (χ0n) is 10.8. The molecule has 2 unspecified atom stereocenters. The Labute approximate surface area is 114 Å². The van der Waals surface area contributed by atoms with Crippen molar-refractivity contribution in [1.29, 1.82) is 0 Å². The maximum atomic E-state index is 13.4. The minimum atomic E-state index is -4.18. The lowest BCUT2D eigenvalue weighted by molar-refractivity contribution is -0.183. The van der Waals surface area contributed by atoms with Crippen molar-refractivity contribution in [2.45, 2.75) is 44.4 Å². The molecule has 1 N–H and O–H groups in total. The Hall–Kier alpha value is -1.17. The van der Waals surface area contributed by atoms with Crippen LogP contribution in [0.4, 0.5) is 22.0 Å². The van der Waals surface area contributed by atoms with Crippen molar-refractivity contribution in [3.8, 4) is 0 Å². The van der Waals surface area contributed by atoms with Crippen molar-refractivity contribution in [3.63, 3.8) is 0 Å². The Bertz CT molecular complexity index is 457. The van der Waals surface area contributed by atoms with Crippen LogP contribution in [0.2, 0.25) is 0 Å². The van der Waals surface area contributed by atoms with E-state index in [4.69, 9.17) is 0 Å². The summed E-state index contributed by atoms with van der Waals surface area (Å²) in [5.74, 6) is -3.18. The van der Waals surface area contributed by atoms with Crippen LogP contribution in [0.5, 0.6) is 0 Å². The zero-order chi connectivity index (χ0) is 14.8. The van der Waals surface area contributed by atoms with E-state index in [0.29, 0.717) is 12.8 Å². The summed E-state index contributed by atoms with van der Waals surface area (Å²) in [5, 5.41) is 2.90. The Morgan fingerprint density at radius 1 is 1.15 bits per heavy atom. The third-order valence-electron chi connectivity index (χ3n) is 3.75. The van der Waals surface area contributed by atoms with Gasteiger partial charge in [0.1, 0.15) is 0 Å². The van der Waals surface area contributed by atoms with Gasteiger partial charge in [-0.25, -0.2) is 8.78 Å². The molecule has 1 fully saturated rings. The van der Waals surface area contributed by atoms with E-state index < -0.39 is 23.7 Å². The maximum Gasteiger partial charge on any atom is 0.391 e. The summed E-state index contributed by atoms with van der Waals surface area (Å²) in [6.45, 7) is 0.0405. The van der Waals surface area contributed by atoms with E-state index in [1.54, 1.807) is 0 Å². The van der Waals surface area contributed by atoms with E-state index in [-0.39, 0.29) is 31.0 Å². The third kappa shape index (κ3) is 3.69. The van der Waals surface area contributed by atoms with Crippen LogP contribution in [0.3, 0.4) is 0 Å². The van der Waals surface area contributed by atoms with Crippen molar-refractivity contribution in [2.24, 2.45) is 5.92 Å². The van der Waals surface area contributed by atoms with Gasteiger partial charge in [0.2, 0.25) is 0 Å². The monoisotopic (exact) mass is 293 g/mol. The second kappa shape index (κ2) is 6.08. The molecule has 1 aromatic rings. The molecule has 0 aromatic heterocycles. The highest BCUT2D eigenvalue weighted by molar-refractivity contribution is 5.18. The summed E-state index contributed by atoms with van der Waals surface area (Å²) in [5.41, 5.74) is 0.138. The van der Waals surface area contributed by atoms with Gasteiger partial charge in [0.15, 0.2) is 11.6 Å². The molecule has 6 heteroatoms. The lowest BCUT2D eigenvalue weighted by Gasteiger charge is -2.31. The van der Waals surface area contributed by atoms with Crippen molar-refractivity contribution in [3.05, 3.63) is 35.4 Å². The highest BCUT2D eigenvalue weighted by Crippen LogP contribution is 2.37. The first-order chi connectivity index (χ1) is 9.38. The number of halogens is 5. The molecule has 0 saturated heterocycles. The average Bonchev–Trinajstić information content (AvgIpc) is 2.40. The fourth-order valence-corrected chi connectivity index (χ4v) is 2.61. The number of rotatable bonds is 3. The summed E-state index contributed by atoms with van der Waals surface area (Å²) in [7, 11) is 0. The fraction of sp³-hybridized carbons (Fsp3) is 0.571. The van der Waals surface area contributed by atoms with Gasteiger partial charge in [-0.1, -0.05) is 18.6 Å². The van der Waals surface area contributed by atoms with E-state index in [1.165, 1.54) is 12.1 Å². The summed E-state index contributed by atoms with van der Waals surface area (Å²) in [4.78, 5) is 0. The highest BCUT2D eigenvalue weighted by atomic mass is 19.4. The maximum absolute atomic E-state index is 13.4. The SMILES string of the molecule is Fc1cccc(CNC2CCCC(C(F)(F)F)C2)c1F. The van der Waals surface area contributed by atoms with E-state index in [1.807, 2.05) is 0 Å². The number of hydrogen-bond donors (Lipinski definition) is 1. The van der Waals surface area contributed by atoms with Gasteiger partial charge in [0.05, 0.1) is 5.92 Å². The van der Waals surface area contributed by atoms with Crippen molar-refractivity contribution in [2.75, 3.05) is 0 Å². The van der Waals surface area contributed by atoms with Gasteiger partial charge in [-0.05, 0) is 25.3 Å². The van der Waals surface area contributed by atoms with Crippen LogP contribution in [0.1, 0.15) is 31.2 Å². The molecule has 1 aromatic carbocycles. The molecule has 112 valence electrons. The van der Waals surface area contributed by atoms with Crippen molar-refractivity contribution in [1.82, 2.24) is 5.32 Å². The van der Waals surface area contributed by atoms with E-state index in [0.717, 1.165) is 6.07 Å². The van der Waals surface area contributed by atoms with Crippen molar-refractivity contribution < 1.29 is 22.0 Å². The summed E-state index contributed by atoms with van der Waals surface area (Å²) >= 11 is 0. The van der Waals surface area contributed by atoms with Crippen LogP contribution >= 0.6 is 0 Å². The molecule has 20 heavy (non-hydrogen) atoms. The largest absolute Gasteiger partial charge is 0.391 e. The van der Waals surface area contributed by atoms with Gasteiger partial charge in [-0.15, -0.1) is 0 Å². The number of alkyl halides is 3. The van der Waals surface area contributed by atoms with Crippen molar-refractivity contribution >= 4 is 0 Å². The molecule has 0 bridgehead atoms. The lowest BCUT2D eigenvalue weighted by Crippen LogP contribution is -2.38. The molecule has 0 heterocycles. The van der Waals surface area contributed by atoms with E-state index in [9.17, 15) is 22.0 Å². The fourth-order valence-electron chi connectivity index (χ4n) is 2.61. The van der Waals surface area contributed by atoms with Crippen LogP contribution in [-0.4, -0.2) is 12.2 Å². The Morgan fingerprint density at radius 2 is 1.90 bits per heavy atom. The molecule has 0 amide bonds. The van der Waals surface area contributed by atoms with Gasteiger partial charge in [0, 0.05) is 18.2 Å². The standard InChI is InChI=1S/C14H16F5N/c15-12-6-1-3-9(13(12)16)8-20-11-5-2-4-10(7-11)14(17,18)19/h1,3,6,10-11,20H,2,4-5,7-8H2. The number of nitrogens with one attached hydrogen (secondary N) is 1. The average molecular weight is 293 g/mol. The van der Waals surface area contributed by atoms with Gasteiger partial charge in [-0.3, -0.25) is 0 Å². The molecule has 1 nitrogen and oxygen atoms in total. The second-order valence-electron chi connectivity index (χ2n) is 5.20. The molecule has 1 saturated carbocycles. The first kappa shape index (κ1) is 15.2. The predicted octanol–water partition coefficient (Wildman–Crippen LogP) is 4.18. The normalized spacial score (nSPS) is 23.9. The molecule has 1 aliphatic carbocycles. The van der Waals surface area contributed by atoms with Gasteiger partial charge in [-0.2, -0.15) is 13.2 Å². The minimum absolute atomic E-state index is 0.000431. The lowest BCUT2D eigenvalue weighted by atomic mass is 9.85. The Morgan fingerprint density at radius 3 is 2.60 bits per heavy atom. The quantitative estimate of drug-likeness (QED) is 0.825. The van der Waals surface area contributed by atoms with Gasteiger partial charge < -0.3 is 5.32 Å². The van der Waals surface area contributed by atoms with Crippen LogP contribution in [0.25, 0.3) is 0 Å². The van der Waals surface area contributed by atoms with Crippen LogP contribution in [0.15, 0.2) is 18.2 Å². The minimum Gasteiger partial charge on any atom is -0.310 e. The van der Waals surface area contributed by atoms with E-state index in [2.05, 4.69) is 5.32 Å². The molecule has 1 aliphatic rings. The summed E-state index contributed by atoms with van der Waals surface area (Å²) in [6.07, 6.45) is -2.90. The third-order valence-corrected chi connectivity index (χ3v) is 3.75. The van der Waals surface area contributed by atoms with E-state index >= 15 is 0 Å². The topological polar surface area (TPSA) is 12.0 Å². The number of benzene rings is 1. The Kier molecular flexibility index (Phi) is 4.62. The zero-order valence-corrected chi connectivity index (χ0v) is 10.8. The molecule has 2 atom stereocenters.